The van der Waals surface area contributed by atoms with Crippen molar-refractivity contribution >= 4 is 11.4 Å². The van der Waals surface area contributed by atoms with Crippen LogP contribution in [0.3, 0.4) is 0 Å². The summed E-state index contributed by atoms with van der Waals surface area (Å²) in [6.45, 7) is 1.98. The van der Waals surface area contributed by atoms with Crippen molar-refractivity contribution in [2.24, 2.45) is 4.99 Å². The molecule has 0 atom stereocenters. The molecule has 0 aliphatic rings. The molecule has 3 heteroatoms. The lowest BCUT2D eigenvalue weighted by Crippen LogP contribution is -1.99. The van der Waals surface area contributed by atoms with Crippen molar-refractivity contribution < 1.29 is 4.74 Å². The predicted octanol–water partition coefficient (Wildman–Crippen LogP) is 4.90. The molecule has 0 unspecified atom stereocenters. The predicted molar refractivity (Wildman–Crippen MR) is 94.5 cm³/mol. The maximum atomic E-state index is 5.28. The molecule has 3 aromatic rings. The lowest BCUT2D eigenvalue weighted by molar-refractivity contribution is 0.415. The van der Waals surface area contributed by atoms with Crippen molar-refractivity contribution in [3.8, 4) is 17.0 Å². The van der Waals surface area contributed by atoms with Crippen LogP contribution in [0.15, 0.2) is 77.8 Å². The second kappa shape index (κ2) is 6.88. The van der Waals surface area contributed by atoms with E-state index in [9.17, 15) is 0 Å². The molecule has 1 heterocycles. The molecule has 0 amide bonds. The molecule has 0 radical (unpaired) electrons. The number of para-hydroxylation sites is 1. The number of nitrogens with zero attached hydrogens (tertiary/aromatic N) is 2. The first kappa shape index (κ1) is 15.0. The van der Waals surface area contributed by atoms with E-state index in [1.165, 1.54) is 0 Å². The van der Waals surface area contributed by atoms with Gasteiger partial charge in [-0.3, -0.25) is 4.99 Å². The monoisotopic (exact) mass is 302 g/mol. The van der Waals surface area contributed by atoms with E-state index in [0.717, 1.165) is 34.1 Å². The molecule has 3 nitrogen and oxygen atoms in total. The van der Waals surface area contributed by atoms with Crippen LogP contribution in [0.2, 0.25) is 0 Å². The van der Waals surface area contributed by atoms with E-state index < -0.39 is 0 Å². The van der Waals surface area contributed by atoms with Gasteiger partial charge in [-0.25, -0.2) is 4.98 Å². The molecule has 0 aliphatic carbocycles. The number of hydrogen-bond acceptors (Lipinski definition) is 3. The molecule has 1 aromatic heterocycles. The largest absolute Gasteiger partial charge is 0.497 e. The first-order valence-electron chi connectivity index (χ1n) is 7.48. The highest BCUT2D eigenvalue weighted by Crippen LogP contribution is 2.22. The highest BCUT2D eigenvalue weighted by atomic mass is 16.5. The van der Waals surface area contributed by atoms with Gasteiger partial charge in [-0.15, -0.1) is 0 Å². The van der Waals surface area contributed by atoms with E-state index in [1.807, 2.05) is 79.7 Å². The number of aliphatic imine (C=N–C) groups is 1. The fourth-order valence-electron chi connectivity index (χ4n) is 2.33. The summed E-state index contributed by atoms with van der Waals surface area (Å²) in [6, 6.07) is 23.8. The van der Waals surface area contributed by atoms with Crippen molar-refractivity contribution in [3.05, 3.63) is 78.5 Å². The van der Waals surface area contributed by atoms with Crippen molar-refractivity contribution in [3.63, 3.8) is 0 Å². The maximum Gasteiger partial charge on any atom is 0.119 e. The second-order valence-corrected chi connectivity index (χ2v) is 5.17. The van der Waals surface area contributed by atoms with Gasteiger partial charge in [0.2, 0.25) is 0 Å². The highest BCUT2D eigenvalue weighted by molar-refractivity contribution is 5.99. The zero-order valence-electron chi connectivity index (χ0n) is 13.2. The molecule has 0 saturated heterocycles. The van der Waals surface area contributed by atoms with Gasteiger partial charge in [-0.1, -0.05) is 36.4 Å². The Balaban J connectivity index is 1.95. The fraction of sp³-hybridized carbons (Fsp3) is 0.100. The summed E-state index contributed by atoms with van der Waals surface area (Å²) >= 11 is 0. The number of ether oxygens (including phenoxy) is 1. The van der Waals surface area contributed by atoms with Crippen LogP contribution in [-0.4, -0.2) is 17.8 Å². The Labute approximate surface area is 136 Å². The van der Waals surface area contributed by atoms with Crippen LogP contribution in [0.4, 0.5) is 5.69 Å². The Hall–Kier alpha value is -2.94. The van der Waals surface area contributed by atoms with Crippen LogP contribution in [0.5, 0.6) is 5.75 Å². The number of aromatic nitrogens is 1. The summed E-state index contributed by atoms with van der Waals surface area (Å²) in [5, 5.41) is 0. The first-order valence-corrected chi connectivity index (χ1v) is 7.48. The number of hydrogen-bond donors (Lipinski definition) is 0. The topological polar surface area (TPSA) is 34.5 Å². The minimum absolute atomic E-state index is 0.823. The fourth-order valence-corrected chi connectivity index (χ4v) is 2.33. The van der Waals surface area contributed by atoms with Gasteiger partial charge in [-0.2, -0.15) is 0 Å². The number of pyridine rings is 1. The Kier molecular flexibility index (Phi) is 4.48. The van der Waals surface area contributed by atoms with Gasteiger partial charge in [0.05, 0.1) is 29.9 Å². The lowest BCUT2D eigenvalue weighted by Gasteiger charge is -2.06. The molecule has 23 heavy (non-hydrogen) atoms. The third kappa shape index (κ3) is 3.64. The van der Waals surface area contributed by atoms with Crippen molar-refractivity contribution in [2.45, 2.75) is 6.92 Å². The number of methoxy groups -OCH3 is 1. The van der Waals surface area contributed by atoms with E-state index in [4.69, 9.17) is 9.72 Å². The summed E-state index contributed by atoms with van der Waals surface area (Å²) in [4.78, 5) is 9.36. The van der Waals surface area contributed by atoms with Crippen molar-refractivity contribution in [1.82, 2.24) is 4.98 Å². The molecule has 0 fully saturated rings. The van der Waals surface area contributed by atoms with Gasteiger partial charge in [0, 0.05) is 5.56 Å². The van der Waals surface area contributed by atoms with Crippen LogP contribution in [0.25, 0.3) is 11.3 Å². The minimum atomic E-state index is 0.823. The normalized spacial score (nSPS) is 11.3. The summed E-state index contributed by atoms with van der Waals surface area (Å²) < 4.78 is 5.28. The first-order chi connectivity index (χ1) is 11.3. The summed E-state index contributed by atoms with van der Waals surface area (Å²) in [5.41, 5.74) is 4.62. The van der Waals surface area contributed by atoms with Gasteiger partial charge in [0.15, 0.2) is 0 Å². The van der Waals surface area contributed by atoms with Gasteiger partial charge in [0.1, 0.15) is 5.75 Å². The highest BCUT2D eigenvalue weighted by Gasteiger charge is 2.05. The Morgan fingerprint density at radius 1 is 0.913 bits per heavy atom. The van der Waals surface area contributed by atoms with E-state index in [2.05, 4.69) is 4.99 Å². The second-order valence-electron chi connectivity index (χ2n) is 5.17. The minimum Gasteiger partial charge on any atom is -0.497 e. The summed E-state index contributed by atoms with van der Waals surface area (Å²) in [6.07, 6.45) is 0. The molecular formula is C20H18N2O. The van der Waals surface area contributed by atoms with E-state index in [0.29, 0.717) is 0 Å². The van der Waals surface area contributed by atoms with E-state index in [-0.39, 0.29) is 0 Å². The zero-order valence-corrected chi connectivity index (χ0v) is 13.2. The van der Waals surface area contributed by atoms with Crippen LogP contribution < -0.4 is 4.74 Å². The van der Waals surface area contributed by atoms with Gasteiger partial charge >= 0.3 is 0 Å². The molecular weight excluding hydrogens is 284 g/mol. The quantitative estimate of drug-likeness (QED) is 0.642. The van der Waals surface area contributed by atoms with Crippen molar-refractivity contribution in [1.29, 1.82) is 0 Å². The van der Waals surface area contributed by atoms with Crippen LogP contribution in [0.1, 0.15) is 12.6 Å². The third-order valence-corrected chi connectivity index (χ3v) is 3.54. The SMILES string of the molecule is COc1cccc(-c2cccc(C(C)=Nc3ccccc3)n2)c1. The average molecular weight is 302 g/mol. The molecule has 0 bridgehead atoms. The molecule has 2 aromatic carbocycles. The smallest absolute Gasteiger partial charge is 0.119 e. The lowest BCUT2D eigenvalue weighted by atomic mass is 10.1. The molecule has 0 spiro atoms. The Bertz CT molecular complexity index is 826. The van der Waals surface area contributed by atoms with Crippen molar-refractivity contribution in [2.75, 3.05) is 7.11 Å². The molecule has 0 saturated carbocycles. The van der Waals surface area contributed by atoms with Crippen LogP contribution in [-0.2, 0) is 0 Å². The molecule has 0 N–H and O–H groups in total. The molecule has 0 aliphatic heterocycles. The third-order valence-electron chi connectivity index (χ3n) is 3.54. The summed E-state index contributed by atoms with van der Waals surface area (Å²) in [5.74, 6) is 0.823. The Morgan fingerprint density at radius 2 is 1.70 bits per heavy atom. The van der Waals surface area contributed by atoms with Crippen LogP contribution >= 0.6 is 0 Å². The number of benzene rings is 2. The maximum absolute atomic E-state index is 5.28. The van der Waals surface area contributed by atoms with Crippen LogP contribution in [0, 0.1) is 0 Å². The van der Waals surface area contributed by atoms with Gasteiger partial charge in [-0.05, 0) is 43.3 Å². The average Bonchev–Trinajstić information content (AvgIpc) is 2.63. The molecule has 114 valence electrons. The number of rotatable bonds is 4. The standard InChI is InChI=1S/C20H18N2O/c1-15(21-17-9-4-3-5-10-17)19-12-7-13-20(22-19)16-8-6-11-18(14-16)23-2/h3-14H,1-2H3. The van der Waals surface area contributed by atoms with Gasteiger partial charge in [0.25, 0.3) is 0 Å². The van der Waals surface area contributed by atoms with E-state index in [1.54, 1.807) is 7.11 Å². The zero-order chi connectivity index (χ0) is 16.1. The van der Waals surface area contributed by atoms with E-state index >= 15 is 0 Å². The summed E-state index contributed by atoms with van der Waals surface area (Å²) in [7, 11) is 1.67. The van der Waals surface area contributed by atoms with Gasteiger partial charge < -0.3 is 4.74 Å². The Morgan fingerprint density at radius 3 is 2.48 bits per heavy atom. The molecule has 3 rings (SSSR count).